The van der Waals surface area contributed by atoms with Gasteiger partial charge in [0.1, 0.15) is 11.5 Å². The number of benzene rings is 2. The molecule has 0 aliphatic heterocycles. The number of aromatic nitrogens is 2. The molecular weight excluding hydrogens is 458 g/mol. The second-order valence-corrected chi connectivity index (χ2v) is 7.64. The van der Waals surface area contributed by atoms with E-state index < -0.39 is 5.91 Å². The number of fused-ring (bicyclic) bond motifs is 1. The van der Waals surface area contributed by atoms with Crippen LogP contribution in [0.15, 0.2) is 60.8 Å². The van der Waals surface area contributed by atoms with Crippen molar-refractivity contribution < 1.29 is 24.1 Å². The van der Waals surface area contributed by atoms with Crippen LogP contribution < -0.4 is 19.5 Å². The Hall–Kier alpha value is -4.04. The molecule has 2 heterocycles. The first-order chi connectivity index (χ1) is 16.5. The molecule has 4 rings (SSSR count). The monoisotopic (exact) mass is 479 g/mol. The zero-order valence-electron chi connectivity index (χ0n) is 18.5. The highest BCUT2D eigenvalue weighted by atomic mass is 35.5. The van der Waals surface area contributed by atoms with Gasteiger partial charge in [-0.15, -0.1) is 0 Å². The van der Waals surface area contributed by atoms with Crippen LogP contribution in [0.3, 0.4) is 0 Å². The number of methoxy groups -OCH3 is 1. The number of halogens is 1. The highest BCUT2D eigenvalue weighted by Crippen LogP contribution is 2.35. The molecule has 2 aromatic heterocycles. The minimum Gasteiger partial charge on any atom is -0.503 e. The SMILES string of the molecule is CCCOc1cc(Oc2ccccc2Cl)nc2ccc(NC(=O)c3nccc(OC)c3O)cc12. The number of nitrogens with one attached hydrogen (secondary N) is 1. The maximum atomic E-state index is 12.7. The molecular formula is C25H22ClN3O5. The quantitative estimate of drug-likeness (QED) is 0.327. The highest BCUT2D eigenvalue weighted by molar-refractivity contribution is 6.32. The first kappa shape index (κ1) is 23.1. The Morgan fingerprint density at radius 1 is 1.09 bits per heavy atom. The number of nitrogens with zero attached hydrogens (tertiary/aromatic N) is 2. The van der Waals surface area contributed by atoms with E-state index in [1.807, 2.05) is 19.1 Å². The topological polar surface area (TPSA) is 103 Å². The van der Waals surface area contributed by atoms with Crippen molar-refractivity contribution >= 4 is 34.1 Å². The van der Waals surface area contributed by atoms with E-state index >= 15 is 0 Å². The molecule has 174 valence electrons. The largest absolute Gasteiger partial charge is 0.503 e. The summed E-state index contributed by atoms with van der Waals surface area (Å²) >= 11 is 6.21. The minimum absolute atomic E-state index is 0.150. The summed E-state index contributed by atoms with van der Waals surface area (Å²) in [5.41, 5.74) is 0.934. The lowest BCUT2D eigenvalue weighted by atomic mass is 10.1. The van der Waals surface area contributed by atoms with Gasteiger partial charge in [0.2, 0.25) is 5.88 Å². The van der Waals surface area contributed by atoms with Crippen molar-refractivity contribution in [3.05, 3.63) is 71.5 Å². The lowest BCUT2D eigenvalue weighted by Gasteiger charge is -2.14. The van der Waals surface area contributed by atoms with Gasteiger partial charge in [-0.3, -0.25) is 4.79 Å². The second kappa shape index (κ2) is 10.3. The highest BCUT2D eigenvalue weighted by Gasteiger charge is 2.18. The zero-order valence-corrected chi connectivity index (χ0v) is 19.3. The van der Waals surface area contributed by atoms with Gasteiger partial charge in [0, 0.05) is 29.4 Å². The number of hydrogen-bond acceptors (Lipinski definition) is 7. The number of carbonyl (C=O) groups excluding carboxylic acids is 1. The summed E-state index contributed by atoms with van der Waals surface area (Å²) in [7, 11) is 1.40. The van der Waals surface area contributed by atoms with E-state index in [0.29, 0.717) is 45.6 Å². The summed E-state index contributed by atoms with van der Waals surface area (Å²) < 4.78 is 16.9. The van der Waals surface area contributed by atoms with E-state index in [0.717, 1.165) is 6.42 Å². The third-order valence-corrected chi connectivity index (χ3v) is 5.15. The molecule has 4 aromatic rings. The van der Waals surface area contributed by atoms with Crippen molar-refractivity contribution in [2.75, 3.05) is 19.0 Å². The van der Waals surface area contributed by atoms with Crippen LogP contribution in [0.25, 0.3) is 10.9 Å². The molecule has 0 radical (unpaired) electrons. The zero-order chi connectivity index (χ0) is 24.1. The van der Waals surface area contributed by atoms with Crippen LogP contribution in [-0.2, 0) is 0 Å². The maximum Gasteiger partial charge on any atom is 0.278 e. The van der Waals surface area contributed by atoms with Crippen molar-refractivity contribution in [3.8, 4) is 28.9 Å². The summed E-state index contributed by atoms with van der Waals surface area (Å²) in [6, 6.07) is 15.4. The Labute approximate surface area is 201 Å². The average molecular weight is 480 g/mol. The van der Waals surface area contributed by atoms with Crippen LogP contribution in [0.1, 0.15) is 23.8 Å². The number of amides is 1. The smallest absolute Gasteiger partial charge is 0.278 e. The maximum absolute atomic E-state index is 12.7. The number of ether oxygens (including phenoxy) is 3. The number of rotatable bonds is 8. The number of pyridine rings is 2. The van der Waals surface area contributed by atoms with Gasteiger partial charge in [-0.25, -0.2) is 9.97 Å². The van der Waals surface area contributed by atoms with Crippen molar-refractivity contribution in [2.24, 2.45) is 0 Å². The Balaban J connectivity index is 1.67. The second-order valence-electron chi connectivity index (χ2n) is 7.24. The molecule has 2 N–H and O–H groups in total. The molecule has 9 heteroatoms. The molecule has 0 bridgehead atoms. The van der Waals surface area contributed by atoms with Gasteiger partial charge in [-0.1, -0.05) is 30.7 Å². The Kier molecular flexibility index (Phi) is 6.98. The van der Waals surface area contributed by atoms with Crippen molar-refractivity contribution in [1.29, 1.82) is 0 Å². The molecule has 0 aliphatic rings. The van der Waals surface area contributed by atoms with E-state index in [1.165, 1.54) is 19.4 Å². The molecule has 0 atom stereocenters. The van der Waals surface area contributed by atoms with Gasteiger partial charge in [0.05, 0.1) is 24.3 Å². The fraction of sp³-hybridized carbons (Fsp3) is 0.160. The molecule has 0 saturated heterocycles. The van der Waals surface area contributed by atoms with E-state index in [4.69, 9.17) is 25.8 Å². The Bertz CT molecular complexity index is 1350. The van der Waals surface area contributed by atoms with Crippen LogP contribution >= 0.6 is 11.6 Å². The summed E-state index contributed by atoms with van der Waals surface area (Å²) in [5, 5.41) is 14.1. The molecule has 2 aromatic carbocycles. The van der Waals surface area contributed by atoms with Crippen molar-refractivity contribution in [3.63, 3.8) is 0 Å². The summed E-state index contributed by atoms with van der Waals surface area (Å²) in [4.78, 5) is 21.2. The van der Waals surface area contributed by atoms with E-state index in [-0.39, 0.29) is 17.2 Å². The van der Waals surface area contributed by atoms with Crippen LogP contribution in [0.5, 0.6) is 28.9 Å². The third-order valence-electron chi connectivity index (χ3n) is 4.84. The van der Waals surface area contributed by atoms with Crippen molar-refractivity contribution in [2.45, 2.75) is 13.3 Å². The van der Waals surface area contributed by atoms with E-state index in [9.17, 15) is 9.90 Å². The molecule has 8 nitrogen and oxygen atoms in total. The van der Waals surface area contributed by atoms with E-state index in [2.05, 4.69) is 15.3 Å². The molecule has 0 aliphatic carbocycles. The van der Waals surface area contributed by atoms with Crippen molar-refractivity contribution in [1.82, 2.24) is 9.97 Å². The minimum atomic E-state index is -0.585. The van der Waals surface area contributed by atoms with Crippen LogP contribution in [0.2, 0.25) is 5.02 Å². The molecule has 0 spiro atoms. The fourth-order valence-corrected chi connectivity index (χ4v) is 3.41. The standard InChI is InChI=1S/C25H22ClN3O5/c1-3-12-33-21-14-22(34-19-7-5-4-6-17(19)26)29-18-9-8-15(13-16(18)21)28-25(31)23-24(30)20(32-2)10-11-27-23/h4-11,13-14,30H,3,12H2,1-2H3,(H,28,31). The molecule has 0 unspecified atom stereocenters. The average Bonchev–Trinajstić information content (AvgIpc) is 2.84. The predicted molar refractivity (Wildman–Crippen MR) is 129 cm³/mol. The number of carbonyl (C=O) groups is 1. The van der Waals surface area contributed by atoms with Crippen LogP contribution in [0.4, 0.5) is 5.69 Å². The molecule has 0 fully saturated rings. The van der Waals surface area contributed by atoms with Gasteiger partial charge < -0.3 is 24.6 Å². The summed E-state index contributed by atoms with van der Waals surface area (Å²) in [5.74, 6) is 0.592. The van der Waals surface area contributed by atoms with Gasteiger partial charge in [0.25, 0.3) is 5.91 Å². The lowest BCUT2D eigenvalue weighted by molar-refractivity contribution is 0.101. The predicted octanol–water partition coefficient (Wildman–Crippen LogP) is 5.83. The first-order valence-corrected chi connectivity index (χ1v) is 10.9. The number of anilines is 1. The Morgan fingerprint density at radius 3 is 2.68 bits per heavy atom. The number of para-hydroxylation sites is 1. The Morgan fingerprint density at radius 2 is 1.91 bits per heavy atom. The number of aromatic hydroxyl groups is 1. The van der Waals surface area contributed by atoms with E-state index in [1.54, 1.807) is 36.4 Å². The lowest BCUT2D eigenvalue weighted by Crippen LogP contribution is -2.14. The molecule has 0 saturated carbocycles. The molecule has 34 heavy (non-hydrogen) atoms. The summed E-state index contributed by atoms with van der Waals surface area (Å²) in [6.45, 7) is 2.49. The van der Waals surface area contributed by atoms with Gasteiger partial charge >= 0.3 is 0 Å². The fourth-order valence-electron chi connectivity index (χ4n) is 3.23. The van der Waals surface area contributed by atoms with Gasteiger partial charge in [-0.2, -0.15) is 0 Å². The first-order valence-electron chi connectivity index (χ1n) is 10.5. The summed E-state index contributed by atoms with van der Waals surface area (Å²) in [6.07, 6.45) is 2.19. The van der Waals surface area contributed by atoms with Gasteiger partial charge in [0.15, 0.2) is 17.2 Å². The molecule has 1 amide bonds. The van der Waals surface area contributed by atoms with Gasteiger partial charge in [-0.05, 0) is 36.8 Å². The number of hydrogen-bond donors (Lipinski definition) is 2. The van der Waals surface area contributed by atoms with Crippen LogP contribution in [0, 0.1) is 0 Å². The third kappa shape index (κ3) is 4.97. The van der Waals surface area contributed by atoms with Crippen LogP contribution in [-0.4, -0.2) is 34.7 Å². The normalized spacial score (nSPS) is 10.7.